The molecule has 0 aliphatic heterocycles. The molecule has 0 aliphatic rings. The maximum absolute atomic E-state index is 11.4. The summed E-state index contributed by atoms with van der Waals surface area (Å²) in [6, 6.07) is 0. The van der Waals surface area contributed by atoms with E-state index < -0.39 is 5.41 Å². The van der Waals surface area contributed by atoms with Crippen LogP contribution in [0.4, 0.5) is 0 Å². The van der Waals surface area contributed by atoms with Crippen molar-refractivity contribution >= 4 is 28.6 Å². The third-order valence-electron chi connectivity index (χ3n) is 1.93. The van der Waals surface area contributed by atoms with Gasteiger partial charge in [-0.25, -0.2) is 0 Å². The number of carbonyl (C=O) groups is 1. The molecule has 0 bridgehead atoms. The Hall–Kier alpha value is -0.0600. The topological polar surface area (TPSA) is 26.3 Å². The van der Waals surface area contributed by atoms with E-state index in [9.17, 15) is 4.79 Å². The SMILES string of the molecule is C/C(I)=C\[C@H](C)CCOC(=O)C(C)(C)C. The van der Waals surface area contributed by atoms with Crippen molar-refractivity contribution in [1.29, 1.82) is 0 Å². The van der Waals surface area contributed by atoms with Gasteiger partial charge in [0.2, 0.25) is 0 Å². The number of hydrogen-bond acceptors (Lipinski definition) is 2. The monoisotopic (exact) mass is 324 g/mol. The quantitative estimate of drug-likeness (QED) is 0.578. The molecule has 0 aromatic heterocycles. The van der Waals surface area contributed by atoms with Crippen molar-refractivity contribution in [2.45, 2.75) is 41.0 Å². The molecule has 0 heterocycles. The van der Waals surface area contributed by atoms with Gasteiger partial charge in [-0.15, -0.1) is 0 Å². The van der Waals surface area contributed by atoms with Crippen molar-refractivity contribution < 1.29 is 9.53 Å². The van der Waals surface area contributed by atoms with Gasteiger partial charge < -0.3 is 4.74 Å². The molecule has 15 heavy (non-hydrogen) atoms. The van der Waals surface area contributed by atoms with Crippen molar-refractivity contribution in [3.8, 4) is 0 Å². The molecule has 0 rings (SSSR count). The number of allylic oxidation sites excluding steroid dienone is 2. The highest BCUT2D eigenvalue weighted by atomic mass is 127. The van der Waals surface area contributed by atoms with Crippen LogP contribution in [0.25, 0.3) is 0 Å². The predicted molar refractivity (Wildman–Crippen MR) is 72.0 cm³/mol. The Kier molecular flexibility index (Phi) is 6.48. The van der Waals surface area contributed by atoms with E-state index in [4.69, 9.17) is 4.74 Å². The van der Waals surface area contributed by atoms with E-state index in [-0.39, 0.29) is 5.97 Å². The molecule has 0 saturated heterocycles. The Morgan fingerprint density at radius 1 is 1.47 bits per heavy atom. The molecule has 0 radical (unpaired) electrons. The fraction of sp³-hybridized carbons (Fsp3) is 0.750. The molecule has 0 unspecified atom stereocenters. The third kappa shape index (κ3) is 7.82. The van der Waals surface area contributed by atoms with Gasteiger partial charge in [0.15, 0.2) is 0 Å². The highest BCUT2D eigenvalue weighted by Gasteiger charge is 2.22. The van der Waals surface area contributed by atoms with E-state index in [2.05, 4.69) is 42.5 Å². The van der Waals surface area contributed by atoms with Crippen molar-refractivity contribution in [1.82, 2.24) is 0 Å². The van der Waals surface area contributed by atoms with E-state index in [0.29, 0.717) is 12.5 Å². The average molecular weight is 324 g/mol. The highest BCUT2D eigenvalue weighted by Crippen LogP contribution is 2.16. The Morgan fingerprint density at radius 3 is 2.40 bits per heavy atom. The van der Waals surface area contributed by atoms with Crippen LogP contribution in [0.3, 0.4) is 0 Å². The van der Waals surface area contributed by atoms with Crippen molar-refractivity contribution in [3.05, 3.63) is 9.66 Å². The van der Waals surface area contributed by atoms with E-state index in [1.807, 2.05) is 20.8 Å². The number of halogens is 1. The Balaban J connectivity index is 3.81. The second-order valence-electron chi connectivity index (χ2n) is 4.91. The molecule has 0 fully saturated rings. The first-order valence-electron chi connectivity index (χ1n) is 5.24. The van der Waals surface area contributed by atoms with Gasteiger partial charge in [0.25, 0.3) is 0 Å². The summed E-state index contributed by atoms with van der Waals surface area (Å²) >= 11 is 2.29. The van der Waals surface area contributed by atoms with E-state index in [1.54, 1.807) is 0 Å². The van der Waals surface area contributed by atoms with Gasteiger partial charge in [-0.05, 0) is 66.2 Å². The molecule has 3 heteroatoms. The highest BCUT2D eigenvalue weighted by molar-refractivity contribution is 14.1. The molecule has 0 N–H and O–H groups in total. The van der Waals surface area contributed by atoms with Crippen LogP contribution in [-0.4, -0.2) is 12.6 Å². The van der Waals surface area contributed by atoms with Crippen molar-refractivity contribution in [3.63, 3.8) is 0 Å². The van der Waals surface area contributed by atoms with E-state index in [0.717, 1.165) is 6.42 Å². The lowest BCUT2D eigenvalue weighted by atomic mass is 9.97. The van der Waals surface area contributed by atoms with Crippen LogP contribution < -0.4 is 0 Å². The van der Waals surface area contributed by atoms with Gasteiger partial charge in [0.1, 0.15) is 0 Å². The van der Waals surface area contributed by atoms with Gasteiger partial charge in [0, 0.05) is 0 Å². The summed E-state index contributed by atoms with van der Waals surface area (Å²) < 4.78 is 6.47. The lowest BCUT2D eigenvalue weighted by Crippen LogP contribution is -2.23. The first kappa shape index (κ1) is 14.9. The summed E-state index contributed by atoms with van der Waals surface area (Å²) in [5.41, 5.74) is -0.391. The Bertz CT molecular complexity index is 234. The van der Waals surface area contributed by atoms with Crippen LogP contribution in [0.1, 0.15) is 41.0 Å². The molecule has 0 spiro atoms. The molecular formula is C12H21IO2. The fourth-order valence-electron chi connectivity index (χ4n) is 1.03. The summed E-state index contributed by atoms with van der Waals surface area (Å²) in [7, 11) is 0. The van der Waals surface area contributed by atoms with Crippen LogP contribution in [0.2, 0.25) is 0 Å². The van der Waals surface area contributed by atoms with Crippen LogP contribution in [0.5, 0.6) is 0 Å². The Labute approximate surface area is 107 Å². The lowest BCUT2D eigenvalue weighted by molar-refractivity contribution is -0.153. The number of ether oxygens (including phenoxy) is 1. The van der Waals surface area contributed by atoms with Gasteiger partial charge in [-0.1, -0.05) is 13.0 Å². The zero-order valence-electron chi connectivity index (χ0n) is 10.3. The van der Waals surface area contributed by atoms with Crippen LogP contribution in [0, 0.1) is 11.3 Å². The maximum atomic E-state index is 11.4. The van der Waals surface area contributed by atoms with Gasteiger partial charge in [0.05, 0.1) is 12.0 Å². The third-order valence-corrected chi connectivity index (χ3v) is 2.29. The number of esters is 1. The summed E-state index contributed by atoms with van der Waals surface area (Å²) in [6.07, 6.45) is 3.08. The molecule has 0 aromatic rings. The minimum Gasteiger partial charge on any atom is -0.465 e. The minimum absolute atomic E-state index is 0.120. The molecular weight excluding hydrogens is 303 g/mol. The first-order valence-corrected chi connectivity index (χ1v) is 6.32. The normalized spacial score (nSPS) is 14.9. The lowest BCUT2D eigenvalue weighted by Gasteiger charge is -2.17. The summed E-state index contributed by atoms with van der Waals surface area (Å²) in [4.78, 5) is 11.4. The predicted octanol–water partition coefficient (Wildman–Crippen LogP) is 3.94. The summed E-state index contributed by atoms with van der Waals surface area (Å²) in [5, 5.41) is 0. The van der Waals surface area contributed by atoms with E-state index >= 15 is 0 Å². The summed E-state index contributed by atoms with van der Waals surface area (Å²) in [5.74, 6) is 0.347. The minimum atomic E-state index is -0.391. The maximum Gasteiger partial charge on any atom is 0.311 e. The van der Waals surface area contributed by atoms with Crippen molar-refractivity contribution in [2.75, 3.05) is 6.61 Å². The number of carbonyl (C=O) groups excluding carboxylic acids is 1. The van der Waals surface area contributed by atoms with Crippen LogP contribution >= 0.6 is 22.6 Å². The average Bonchev–Trinajstić information content (AvgIpc) is 2.00. The molecule has 2 nitrogen and oxygen atoms in total. The molecule has 0 aromatic carbocycles. The zero-order valence-corrected chi connectivity index (χ0v) is 12.4. The molecule has 0 saturated carbocycles. The van der Waals surface area contributed by atoms with Gasteiger partial charge in [-0.3, -0.25) is 4.79 Å². The van der Waals surface area contributed by atoms with Crippen molar-refractivity contribution in [2.24, 2.45) is 11.3 Å². The van der Waals surface area contributed by atoms with E-state index in [1.165, 1.54) is 3.58 Å². The van der Waals surface area contributed by atoms with Gasteiger partial charge in [-0.2, -0.15) is 0 Å². The Morgan fingerprint density at radius 2 is 2.00 bits per heavy atom. The first-order chi connectivity index (χ1) is 6.73. The zero-order chi connectivity index (χ0) is 12.1. The second kappa shape index (κ2) is 6.51. The molecule has 88 valence electrons. The largest absolute Gasteiger partial charge is 0.465 e. The van der Waals surface area contributed by atoms with Crippen LogP contribution in [-0.2, 0) is 9.53 Å². The van der Waals surface area contributed by atoms with Gasteiger partial charge >= 0.3 is 5.97 Å². The molecule has 0 amide bonds. The standard InChI is InChI=1S/C12H21IO2/c1-9(8-10(2)13)6-7-15-11(14)12(3,4)5/h8-9H,6-7H2,1-5H3/b10-8+/t9-/m1/s1. The molecule has 0 aliphatic carbocycles. The second-order valence-corrected chi connectivity index (χ2v) is 6.61. The number of rotatable bonds is 4. The smallest absolute Gasteiger partial charge is 0.311 e. The summed E-state index contributed by atoms with van der Waals surface area (Å²) in [6.45, 7) is 10.3. The fourth-order valence-corrected chi connectivity index (χ4v) is 1.64. The van der Waals surface area contributed by atoms with Crippen LogP contribution in [0.15, 0.2) is 9.66 Å². The number of hydrogen-bond donors (Lipinski definition) is 0. The molecule has 1 atom stereocenters.